The van der Waals surface area contributed by atoms with Crippen molar-refractivity contribution in [2.24, 2.45) is 0 Å². The van der Waals surface area contributed by atoms with Gasteiger partial charge in [-0.1, -0.05) is 30.3 Å². The van der Waals surface area contributed by atoms with Crippen molar-refractivity contribution in [3.8, 4) is 0 Å². The van der Waals surface area contributed by atoms with Crippen molar-refractivity contribution >= 4 is 23.5 Å². The number of hydrogen-bond acceptors (Lipinski definition) is 4. The van der Waals surface area contributed by atoms with Crippen molar-refractivity contribution in [3.05, 3.63) is 35.9 Å². The highest BCUT2D eigenvalue weighted by Crippen LogP contribution is 2.07. The molecular formula is C13H16O3S. The molecule has 0 amide bonds. The van der Waals surface area contributed by atoms with Gasteiger partial charge in [-0.2, -0.15) is 0 Å². The summed E-state index contributed by atoms with van der Waals surface area (Å²) >= 11 is 1.46. The summed E-state index contributed by atoms with van der Waals surface area (Å²) in [6.45, 7) is 0. The number of rotatable bonds is 7. The third-order valence-electron chi connectivity index (χ3n) is 2.22. The van der Waals surface area contributed by atoms with Crippen LogP contribution in [0.15, 0.2) is 30.3 Å². The minimum atomic E-state index is -0.236. The number of ketones is 1. The zero-order valence-corrected chi connectivity index (χ0v) is 10.7. The van der Waals surface area contributed by atoms with Crippen LogP contribution in [0.4, 0.5) is 0 Å². The summed E-state index contributed by atoms with van der Waals surface area (Å²) in [5, 5.41) is 0. The maximum absolute atomic E-state index is 11.7. The van der Waals surface area contributed by atoms with Crippen LogP contribution in [0.25, 0.3) is 0 Å². The molecule has 0 heterocycles. The van der Waals surface area contributed by atoms with Gasteiger partial charge in [0.05, 0.1) is 0 Å². The molecule has 0 aliphatic heterocycles. The van der Waals surface area contributed by atoms with Crippen LogP contribution in [0.1, 0.15) is 29.6 Å². The lowest BCUT2D eigenvalue weighted by molar-refractivity contribution is -0.141. The molecule has 0 fully saturated rings. The van der Waals surface area contributed by atoms with E-state index in [1.165, 1.54) is 11.8 Å². The van der Waals surface area contributed by atoms with Crippen LogP contribution in [-0.4, -0.2) is 23.9 Å². The smallest absolute Gasteiger partial charge is 0.306 e. The summed E-state index contributed by atoms with van der Waals surface area (Å²) in [5.41, 5.74) is 0.699. The van der Waals surface area contributed by atoms with E-state index in [2.05, 4.69) is 0 Å². The van der Waals surface area contributed by atoms with Crippen molar-refractivity contribution in [1.82, 2.24) is 0 Å². The summed E-state index contributed by atoms with van der Waals surface area (Å²) in [6.07, 6.45) is 3.10. The first kappa shape index (κ1) is 13.8. The number of thioether (sulfide) groups is 1. The SMILES string of the molecule is CSCOC(=O)CCCC(=O)c1ccccc1. The second-order valence-electron chi connectivity index (χ2n) is 3.57. The Morgan fingerprint density at radius 3 is 2.53 bits per heavy atom. The molecule has 0 bridgehead atoms. The average Bonchev–Trinajstić information content (AvgIpc) is 2.37. The Balaban J connectivity index is 2.23. The number of carbonyl (C=O) groups is 2. The molecule has 0 radical (unpaired) electrons. The summed E-state index contributed by atoms with van der Waals surface area (Å²) in [7, 11) is 0. The van der Waals surface area contributed by atoms with Gasteiger partial charge < -0.3 is 4.74 Å². The van der Waals surface area contributed by atoms with Gasteiger partial charge in [0.15, 0.2) is 5.78 Å². The summed E-state index contributed by atoms with van der Waals surface area (Å²) in [6, 6.07) is 9.11. The van der Waals surface area contributed by atoms with E-state index in [0.717, 1.165) is 0 Å². The van der Waals surface area contributed by atoms with Crippen LogP contribution in [-0.2, 0) is 9.53 Å². The van der Waals surface area contributed by atoms with Gasteiger partial charge in [0, 0.05) is 18.4 Å². The van der Waals surface area contributed by atoms with Gasteiger partial charge in [0.1, 0.15) is 5.94 Å². The lowest BCUT2D eigenvalue weighted by Gasteiger charge is -2.02. The van der Waals surface area contributed by atoms with Crippen LogP contribution in [0, 0.1) is 0 Å². The van der Waals surface area contributed by atoms with E-state index in [-0.39, 0.29) is 11.8 Å². The number of ether oxygens (including phenoxy) is 1. The van der Waals surface area contributed by atoms with Crippen LogP contribution in [0.3, 0.4) is 0 Å². The van der Waals surface area contributed by atoms with Crippen molar-refractivity contribution in [2.45, 2.75) is 19.3 Å². The number of benzene rings is 1. The zero-order chi connectivity index (χ0) is 12.5. The molecule has 0 unspecified atom stereocenters. The first-order valence-electron chi connectivity index (χ1n) is 5.47. The maximum atomic E-state index is 11.7. The molecule has 0 aromatic heterocycles. The van der Waals surface area contributed by atoms with Gasteiger partial charge in [-0.3, -0.25) is 9.59 Å². The van der Waals surface area contributed by atoms with E-state index in [4.69, 9.17) is 4.74 Å². The first-order chi connectivity index (χ1) is 8.24. The molecule has 0 saturated carbocycles. The Morgan fingerprint density at radius 1 is 1.18 bits per heavy atom. The third kappa shape index (κ3) is 5.54. The van der Waals surface area contributed by atoms with Gasteiger partial charge in [-0.05, 0) is 12.7 Å². The fourth-order valence-corrected chi connectivity index (χ4v) is 1.61. The summed E-state index contributed by atoms with van der Waals surface area (Å²) in [4.78, 5) is 22.9. The highest BCUT2D eigenvalue weighted by atomic mass is 32.2. The molecule has 0 aliphatic carbocycles. The molecule has 1 aromatic rings. The van der Waals surface area contributed by atoms with E-state index in [9.17, 15) is 9.59 Å². The Hall–Kier alpha value is -1.29. The van der Waals surface area contributed by atoms with Gasteiger partial charge in [-0.15, -0.1) is 11.8 Å². The fourth-order valence-electron chi connectivity index (χ4n) is 1.36. The summed E-state index contributed by atoms with van der Waals surface area (Å²) in [5.74, 6) is 0.217. The molecule has 0 spiro atoms. The minimum Gasteiger partial charge on any atom is -0.455 e. The Morgan fingerprint density at radius 2 is 1.88 bits per heavy atom. The van der Waals surface area contributed by atoms with Crippen molar-refractivity contribution < 1.29 is 14.3 Å². The first-order valence-corrected chi connectivity index (χ1v) is 6.86. The van der Waals surface area contributed by atoms with Gasteiger partial charge >= 0.3 is 5.97 Å². The molecule has 0 N–H and O–H groups in total. The number of Topliss-reactive ketones (excluding diaryl/α,β-unsaturated/α-hetero) is 1. The largest absolute Gasteiger partial charge is 0.455 e. The lowest BCUT2D eigenvalue weighted by atomic mass is 10.1. The minimum absolute atomic E-state index is 0.0725. The third-order valence-corrected chi connectivity index (χ3v) is 2.57. The van der Waals surface area contributed by atoms with Crippen LogP contribution < -0.4 is 0 Å². The standard InChI is InChI=1S/C13H16O3S/c1-17-10-16-13(15)9-5-8-12(14)11-6-3-2-4-7-11/h2-4,6-7H,5,8-10H2,1H3. The topological polar surface area (TPSA) is 43.4 Å². The Kier molecular flexibility index (Phi) is 6.40. The lowest BCUT2D eigenvalue weighted by Crippen LogP contribution is -2.05. The quantitative estimate of drug-likeness (QED) is 0.425. The molecule has 0 atom stereocenters. The Bertz CT molecular complexity index is 362. The summed E-state index contributed by atoms with van der Waals surface area (Å²) < 4.78 is 4.89. The molecule has 1 aromatic carbocycles. The highest BCUT2D eigenvalue weighted by molar-refractivity contribution is 7.98. The van der Waals surface area contributed by atoms with Crippen LogP contribution in [0.5, 0.6) is 0 Å². The molecule has 4 heteroatoms. The van der Waals surface area contributed by atoms with E-state index in [1.807, 2.05) is 24.5 Å². The average molecular weight is 252 g/mol. The van der Waals surface area contributed by atoms with Crippen LogP contribution >= 0.6 is 11.8 Å². The van der Waals surface area contributed by atoms with E-state index in [0.29, 0.717) is 30.8 Å². The van der Waals surface area contributed by atoms with Gasteiger partial charge in [0.25, 0.3) is 0 Å². The van der Waals surface area contributed by atoms with Crippen molar-refractivity contribution in [3.63, 3.8) is 0 Å². The van der Waals surface area contributed by atoms with E-state index < -0.39 is 0 Å². The monoisotopic (exact) mass is 252 g/mol. The molecule has 1 rings (SSSR count). The van der Waals surface area contributed by atoms with Gasteiger partial charge in [-0.25, -0.2) is 0 Å². The van der Waals surface area contributed by atoms with E-state index >= 15 is 0 Å². The van der Waals surface area contributed by atoms with Crippen LogP contribution in [0.2, 0.25) is 0 Å². The molecular weight excluding hydrogens is 236 g/mol. The maximum Gasteiger partial charge on any atom is 0.306 e. The number of esters is 1. The number of hydrogen-bond donors (Lipinski definition) is 0. The zero-order valence-electron chi connectivity index (χ0n) is 9.85. The van der Waals surface area contributed by atoms with Crippen molar-refractivity contribution in [2.75, 3.05) is 12.2 Å². The second kappa shape index (κ2) is 7.90. The number of carbonyl (C=O) groups excluding carboxylic acids is 2. The van der Waals surface area contributed by atoms with Gasteiger partial charge in [0.2, 0.25) is 0 Å². The second-order valence-corrected chi connectivity index (χ2v) is 4.38. The van der Waals surface area contributed by atoms with E-state index in [1.54, 1.807) is 12.1 Å². The highest BCUT2D eigenvalue weighted by Gasteiger charge is 2.07. The van der Waals surface area contributed by atoms with Crippen molar-refractivity contribution in [1.29, 1.82) is 0 Å². The fraction of sp³-hybridized carbons (Fsp3) is 0.385. The predicted molar refractivity (Wildman–Crippen MR) is 69.1 cm³/mol. The predicted octanol–water partition coefficient (Wildman–Crippen LogP) is 2.90. The molecule has 0 saturated heterocycles. The molecule has 3 nitrogen and oxygen atoms in total. The molecule has 0 aliphatic rings. The Labute approximate surface area is 106 Å². The normalized spacial score (nSPS) is 9.94. The molecule has 17 heavy (non-hydrogen) atoms. The molecule has 92 valence electrons.